The molecular weight excluding hydrogens is 378 g/mol. The minimum Gasteiger partial charge on any atom is -0.352 e. The molecular formula is C20H21N3O2S2. The van der Waals surface area contributed by atoms with E-state index in [1.165, 1.54) is 11.8 Å². The van der Waals surface area contributed by atoms with Crippen LogP contribution in [0.4, 0.5) is 0 Å². The van der Waals surface area contributed by atoms with E-state index in [0.717, 1.165) is 27.6 Å². The van der Waals surface area contributed by atoms with Crippen LogP contribution in [0.25, 0.3) is 10.6 Å². The third-order valence-corrected chi connectivity index (χ3v) is 5.89. The number of carbonyl (C=O) groups excluding carboxylic acids is 2. The van der Waals surface area contributed by atoms with Crippen molar-refractivity contribution in [3.63, 3.8) is 0 Å². The number of hydrogen-bond donors (Lipinski definition) is 2. The summed E-state index contributed by atoms with van der Waals surface area (Å²) >= 11 is 3.37. The molecule has 0 spiro atoms. The summed E-state index contributed by atoms with van der Waals surface area (Å²) in [6.45, 7) is 4.54. The molecule has 140 valence electrons. The molecule has 0 atom stereocenters. The number of nitrogens with zero attached hydrogens (tertiary/aromatic N) is 1. The van der Waals surface area contributed by atoms with E-state index in [1.807, 2.05) is 19.1 Å². The first-order valence-corrected chi connectivity index (χ1v) is 10.3. The highest BCUT2D eigenvalue weighted by Crippen LogP contribution is 2.29. The van der Waals surface area contributed by atoms with Crippen molar-refractivity contribution in [3.05, 3.63) is 62.8 Å². The summed E-state index contributed by atoms with van der Waals surface area (Å²) in [6.07, 6.45) is 0.792. The van der Waals surface area contributed by atoms with Crippen molar-refractivity contribution in [2.24, 2.45) is 0 Å². The maximum atomic E-state index is 12.3. The Morgan fingerprint density at radius 3 is 2.52 bits per heavy atom. The van der Waals surface area contributed by atoms with Gasteiger partial charge in [-0.25, -0.2) is 4.98 Å². The molecule has 7 heteroatoms. The molecule has 0 aliphatic carbocycles. The Morgan fingerprint density at radius 2 is 1.85 bits per heavy atom. The Morgan fingerprint density at radius 1 is 1.07 bits per heavy atom. The lowest BCUT2D eigenvalue weighted by Gasteiger charge is -2.06. The van der Waals surface area contributed by atoms with E-state index in [4.69, 9.17) is 0 Å². The van der Waals surface area contributed by atoms with E-state index in [0.29, 0.717) is 18.7 Å². The summed E-state index contributed by atoms with van der Waals surface area (Å²) in [5.74, 6) is -0.161. The minimum absolute atomic E-state index is 0.0709. The Labute approximate surface area is 166 Å². The van der Waals surface area contributed by atoms with E-state index >= 15 is 0 Å². The van der Waals surface area contributed by atoms with E-state index in [-0.39, 0.29) is 11.8 Å². The van der Waals surface area contributed by atoms with Crippen molar-refractivity contribution >= 4 is 34.5 Å². The molecule has 0 saturated heterocycles. The molecule has 3 aromatic rings. The van der Waals surface area contributed by atoms with Gasteiger partial charge in [0.2, 0.25) is 5.91 Å². The van der Waals surface area contributed by atoms with Gasteiger partial charge >= 0.3 is 0 Å². The van der Waals surface area contributed by atoms with Gasteiger partial charge < -0.3 is 10.6 Å². The molecule has 2 aromatic heterocycles. The van der Waals surface area contributed by atoms with Crippen LogP contribution in [0.2, 0.25) is 0 Å². The summed E-state index contributed by atoms with van der Waals surface area (Å²) in [7, 11) is 0. The first kappa shape index (κ1) is 19.3. The standard InChI is InChI=1S/C20H21N3O2S2/c1-13(24)22-11-15-3-5-16(6-4-15)20(25)21-10-9-17-7-8-19(27-17)18-12-26-14(2)23-18/h3-8,12H,9-11H2,1-2H3,(H,21,25)(H,22,24). The Bertz CT molecular complexity index is 929. The van der Waals surface area contributed by atoms with Crippen LogP contribution in [0.15, 0.2) is 41.8 Å². The van der Waals surface area contributed by atoms with Crippen LogP contribution in [0, 0.1) is 6.92 Å². The van der Waals surface area contributed by atoms with E-state index in [9.17, 15) is 9.59 Å². The van der Waals surface area contributed by atoms with Crippen LogP contribution in [0.3, 0.4) is 0 Å². The highest BCUT2D eigenvalue weighted by Gasteiger charge is 2.08. The second kappa shape index (κ2) is 8.92. The van der Waals surface area contributed by atoms with Crippen molar-refractivity contribution in [3.8, 4) is 10.6 Å². The molecule has 0 aliphatic heterocycles. The summed E-state index contributed by atoms with van der Waals surface area (Å²) in [6, 6.07) is 11.4. The van der Waals surface area contributed by atoms with Gasteiger partial charge in [-0.1, -0.05) is 12.1 Å². The van der Waals surface area contributed by atoms with Crippen LogP contribution in [0.1, 0.15) is 32.7 Å². The Hall–Kier alpha value is -2.51. The van der Waals surface area contributed by atoms with Crippen LogP contribution in [-0.2, 0) is 17.8 Å². The monoisotopic (exact) mass is 399 g/mol. The number of aromatic nitrogens is 1. The van der Waals surface area contributed by atoms with Crippen LogP contribution < -0.4 is 10.6 Å². The van der Waals surface area contributed by atoms with Gasteiger partial charge in [-0.2, -0.15) is 0 Å². The largest absolute Gasteiger partial charge is 0.352 e. The molecule has 0 unspecified atom stereocenters. The summed E-state index contributed by atoms with van der Waals surface area (Å²) in [5, 5.41) is 8.83. The van der Waals surface area contributed by atoms with Gasteiger partial charge in [0, 0.05) is 35.8 Å². The van der Waals surface area contributed by atoms with E-state index in [1.54, 1.807) is 34.8 Å². The van der Waals surface area contributed by atoms with Crippen molar-refractivity contribution in [1.82, 2.24) is 15.6 Å². The lowest BCUT2D eigenvalue weighted by molar-refractivity contribution is -0.119. The maximum Gasteiger partial charge on any atom is 0.251 e. The minimum atomic E-state index is -0.0898. The molecule has 0 aliphatic rings. The first-order chi connectivity index (χ1) is 13.0. The van der Waals surface area contributed by atoms with E-state index in [2.05, 4.69) is 33.1 Å². The zero-order valence-electron chi connectivity index (χ0n) is 15.2. The number of rotatable bonds is 7. The smallest absolute Gasteiger partial charge is 0.251 e. The number of aryl methyl sites for hydroxylation is 1. The van der Waals surface area contributed by atoms with Gasteiger partial charge in [-0.05, 0) is 43.2 Å². The molecule has 1 aromatic carbocycles. The highest BCUT2D eigenvalue weighted by molar-refractivity contribution is 7.16. The quantitative estimate of drug-likeness (QED) is 0.635. The molecule has 0 radical (unpaired) electrons. The fourth-order valence-corrected chi connectivity index (χ4v) is 4.18. The number of benzene rings is 1. The third-order valence-electron chi connectivity index (χ3n) is 3.95. The van der Waals surface area contributed by atoms with Gasteiger partial charge in [0.25, 0.3) is 5.91 Å². The highest BCUT2D eigenvalue weighted by atomic mass is 32.1. The van der Waals surface area contributed by atoms with Crippen molar-refractivity contribution in [1.29, 1.82) is 0 Å². The lowest BCUT2D eigenvalue weighted by atomic mass is 10.1. The summed E-state index contributed by atoms with van der Waals surface area (Å²) in [5.41, 5.74) is 2.61. The molecule has 0 fully saturated rings. The molecule has 3 rings (SSSR count). The van der Waals surface area contributed by atoms with Crippen molar-refractivity contribution < 1.29 is 9.59 Å². The average molecular weight is 400 g/mol. The maximum absolute atomic E-state index is 12.3. The van der Waals surface area contributed by atoms with Gasteiger partial charge in [-0.15, -0.1) is 22.7 Å². The molecule has 2 heterocycles. The molecule has 2 N–H and O–H groups in total. The number of carbonyl (C=O) groups is 2. The predicted molar refractivity (Wildman–Crippen MR) is 110 cm³/mol. The van der Waals surface area contributed by atoms with Gasteiger partial charge in [0.05, 0.1) is 15.6 Å². The lowest BCUT2D eigenvalue weighted by Crippen LogP contribution is -2.25. The second-order valence-electron chi connectivity index (χ2n) is 6.13. The number of amides is 2. The topological polar surface area (TPSA) is 71.1 Å². The normalized spacial score (nSPS) is 10.6. The summed E-state index contributed by atoms with van der Waals surface area (Å²) < 4.78 is 0. The van der Waals surface area contributed by atoms with Gasteiger partial charge in [0.15, 0.2) is 0 Å². The van der Waals surface area contributed by atoms with Crippen LogP contribution in [0.5, 0.6) is 0 Å². The molecule has 5 nitrogen and oxygen atoms in total. The molecule has 0 saturated carbocycles. The third kappa shape index (κ3) is 5.48. The number of thiophene rings is 1. The van der Waals surface area contributed by atoms with Crippen LogP contribution >= 0.6 is 22.7 Å². The van der Waals surface area contributed by atoms with E-state index < -0.39 is 0 Å². The zero-order chi connectivity index (χ0) is 19.2. The fraction of sp³-hybridized carbons (Fsp3) is 0.250. The molecule has 27 heavy (non-hydrogen) atoms. The van der Waals surface area contributed by atoms with Crippen molar-refractivity contribution in [2.75, 3.05) is 6.54 Å². The van der Waals surface area contributed by atoms with Gasteiger partial charge in [0.1, 0.15) is 0 Å². The number of nitrogens with one attached hydrogen (secondary N) is 2. The second-order valence-corrected chi connectivity index (χ2v) is 8.36. The zero-order valence-corrected chi connectivity index (χ0v) is 16.9. The van der Waals surface area contributed by atoms with Crippen LogP contribution in [-0.4, -0.2) is 23.3 Å². The average Bonchev–Trinajstić information content (AvgIpc) is 3.29. The van der Waals surface area contributed by atoms with Gasteiger partial charge in [-0.3, -0.25) is 9.59 Å². The molecule has 0 bridgehead atoms. The number of thiazole rings is 1. The summed E-state index contributed by atoms with van der Waals surface area (Å²) in [4.78, 5) is 30.1. The first-order valence-electron chi connectivity index (χ1n) is 8.64. The predicted octanol–water partition coefficient (Wildman–Crippen LogP) is 3.79. The SMILES string of the molecule is CC(=O)NCc1ccc(C(=O)NCCc2ccc(-c3csc(C)n3)s2)cc1. The molecule has 2 amide bonds. The Balaban J connectivity index is 1.48. The fourth-order valence-electron chi connectivity index (χ4n) is 2.53. The number of hydrogen-bond acceptors (Lipinski definition) is 5. The van der Waals surface area contributed by atoms with Crippen molar-refractivity contribution in [2.45, 2.75) is 26.8 Å². The Kier molecular flexibility index (Phi) is 6.36.